The minimum Gasteiger partial charge on any atom is -1.00 e. The van der Waals surface area contributed by atoms with Crippen LogP contribution in [0.1, 0.15) is 11.6 Å². The van der Waals surface area contributed by atoms with Crippen LogP contribution in [0, 0.1) is 0 Å². The van der Waals surface area contributed by atoms with Crippen molar-refractivity contribution in [3.63, 3.8) is 0 Å². The molecule has 0 bridgehead atoms. The second kappa shape index (κ2) is 10.8. The largest absolute Gasteiger partial charge is 3.00 e. The van der Waals surface area contributed by atoms with Crippen LogP contribution < -0.4 is 37.2 Å². The Morgan fingerprint density at radius 1 is 0.731 bits per heavy atom. The molecule has 1 radical (unpaired) electrons. The number of nitrogens with zero attached hydrogens (tertiary/aromatic N) is 3. The Morgan fingerprint density at radius 2 is 1.12 bits per heavy atom. The molecule has 4 aromatic rings. The second-order valence-corrected chi connectivity index (χ2v) is 5.57. The van der Waals surface area contributed by atoms with Crippen molar-refractivity contribution in [1.29, 1.82) is 0 Å². The quantitative estimate of drug-likeness (QED) is 0.326. The molecule has 9 heteroatoms. The van der Waals surface area contributed by atoms with Gasteiger partial charge in [-0.15, -0.1) is 0 Å². The molecule has 2 heterocycles. The third kappa shape index (κ3) is 5.37. The molecule has 0 amide bonds. The van der Waals surface area contributed by atoms with E-state index in [-0.39, 0.29) is 54.6 Å². The second-order valence-electron chi connectivity index (χ2n) is 5.57. The van der Waals surface area contributed by atoms with Gasteiger partial charge < -0.3 is 47.2 Å². The summed E-state index contributed by atoms with van der Waals surface area (Å²) in [6, 6.07) is 16.2. The number of fused-ring (bicyclic) bond motifs is 2. The first kappa shape index (κ1) is 24.7. The van der Waals surface area contributed by atoms with Crippen LogP contribution in [0.4, 0.5) is 0 Å². The number of nitrogens with one attached hydrogen (secondary N) is 2. The minimum atomic E-state index is 0. The van der Waals surface area contributed by atoms with Crippen LogP contribution in [-0.4, -0.2) is 31.9 Å². The van der Waals surface area contributed by atoms with Crippen molar-refractivity contribution >= 4 is 22.1 Å². The number of para-hydroxylation sites is 4. The Hall–Kier alpha value is -1.26. The van der Waals surface area contributed by atoms with Crippen molar-refractivity contribution in [2.24, 2.45) is 0 Å². The molecule has 0 unspecified atom stereocenters. The van der Waals surface area contributed by atoms with Crippen molar-refractivity contribution in [3.05, 3.63) is 60.2 Å². The fourth-order valence-electron chi connectivity index (χ4n) is 2.73. The third-order valence-corrected chi connectivity index (χ3v) is 3.72. The van der Waals surface area contributed by atoms with E-state index < -0.39 is 0 Å². The number of aromatic amines is 2. The normalized spacial score (nSPS) is 9.92. The van der Waals surface area contributed by atoms with Gasteiger partial charge in [-0.1, -0.05) is 24.3 Å². The van der Waals surface area contributed by atoms with Crippen molar-refractivity contribution in [2.45, 2.75) is 13.1 Å². The molecule has 0 aliphatic carbocycles. The first-order valence-corrected chi connectivity index (χ1v) is 7.34. The van der Waals surface area contributed by atoms with Gasteiger partial charge in [-0.05, 0) is 31.3 Å². The zero-order chi connectivity index (χ0) is 14.9. The van der Waals surface area contributed by atoms with Gasteiger partial charge in [-0.3, -0.25) is 4.90 Å². The number of rotatable bonds is 4. The first-order chi connectivity index (χ1) is 10.8. The molecule has 0 atom stereocenters. The maximum atomic E-state index is 4.61. The van der Waals surface area contributed by atoms with E-state index in [1.54, 1.807) is 0 Å². The number of benzene rings is 2. The molecule has 0 saturated heterocycles. The van der Waals surface area contributed by atoms with E-state index in [4.69, 9.17) is 0 Å². The Labute approximate surface area is 181 Å². The standard InChI is InChI=1S/C17H17N5.3ClH.Cr/c1-22(10-16-18-12-6-2-3-7-13(12)19-16)11-17-20-14-8-4-5-9-15(14)21-17;;;;/h2-9H,10-11H2,1H3,(H,18,19)(H,20,21);3*1H;/q;;;;+3/p-3. The molecule has 4 rings (SSSR count). The Kier molecular flexibility index (Phi) is 10.3. The SMILES string of the molecule is CN(Cc1nc2ccccc2[nH]1)Cc1nc2ccccc2[nH]1.[Cl-].[Cl-].[Cl-].[Cr+3]. The zero-order valence-corrected chi connectivity index (χ0v) is 17.5. The van der Waals surface area contributed by atoms with Crippen molar-refractivity contribution in [1.82, 2.24) is 24.8 Å². The first-order valence-electron chi connectivity index (χ1n) is 7.34. The number of hydrogen-bond donors (Lipinski definition) is 2. The number of H-pyrrole nitrogens is 2. The molecule has 0 aliphatic heterocycles. The average Bonchev–Trinajstić information content (AvgIpc) is 3.08. The molecule has 137 valence electrons. The molecule has 0 spiro atoms. The molecule has 2 aromatic heterocycles. The molecular formula is C17H17Cl3CrN5. The number of halogens is 3. The van der Waals surface area contributed by atoms with Crippen LogP contribution in [0.15, 0.2) is 48.5 Å². The van der Waals surface area contributed by atoms with Crippen LogP contribution in [0.2, 0.25) is 0 Å². The Morgan fingerprint density at radius 3 is 1.50 bits per heavy atom. The average molecular weight is 450 g/mol. The van der Waals surface area contributed by atoms with Crippen LogP contribution in [0.3, 0.4) is 0 Å². The van der Waals surface area contributed by atoms with E-state index in [2.05, 4.69) is 31.9 Å². The summed E-state index contributed by atoms with van der Waals surface area (Å²) in [6.45, 7) is 1.51. The summed E-state index contributed by atoms with van der Waals surface area (Å²) in [4.78, 5) is 18.1. The van der Waals surface area contributed by atoms with Gasteiger partial charge in [0.05, 0.1) is 35.2 Å². The summed E-state index contributed by atoms with van der Waals surface area (Å²) in [5, 5.41) is 0. The van der Waals surface area contributed by atoms with Crippen LogP contribution in [0.5, 0.6) is 0 Å². The van der Waals surface area contributed by atoms with Gasteiger partial charge >= 0.3 is 17.4 Å². The maximum absolute atomic E-state index is 4.61. The molecular weight excluding hydrogens is 433 g/mol. The predicted octanol–water partition coefficient (Wildman–Crippen LogP) is -5.92. The molecule has 26 heavy (non-hydrogen) atoms. The molecule has 0 aliphatic rings. The fourth-order valence-corrected chi connectivity index (χ4v) is 2.73. The third-order valence-electron chi connectivity index (χ3n) is 3.72. The van der Waals surface area contributed by atoms with Gasteiger partial charge in [0.1, 0.15) is 11.6 Å². The summed E-state index contributed by atoms with van der Waals surface area (Å²) >= 11 is 0. The number of hydrogen-bond acceptors (Lipinski definition) is 3. The van der Waals surface area contributed by atoms with Gasteiger partial charge in [-0.25, -0.2) is 9.97 Å². The summed E-state index contributed by atoms with van der Waals surface area (Å²) in [7, 11) is 2.07. The van der Waals surface area contributed by atoms with Crippen molar-refractivity contribution in [3.8, 4) is 0 Å². The topological polar surface area (TPSA) is 60.6 Å². The van der Waals surface area contributed by atoms with E-state index >= 15 is 0 Å². The minimum absolute atomic E-state index is 0. The monoisotopic (exact) mass is 448 g/mol. The van der Waals surface area contributed by atoms with E-state index in [0.29, 0.717) is 0 Å². The molecule has 2 N–H and O–H groups in total. The fraction of sp³-hybridized carbons (Fsp3) is 0.176. The summed E-state index contributed by atoms with van der Waals surface area (Å²) in [5.41, 5.74) is 4.17. The van der Waals surface area contributed by atoms with E-state index in [0.717, 1.165) is 46.8 Å². The van der Waals surface area contributed by atoms with E-state index in [9.17, 15) is 0 Å². The summed E-state index contributed by atoms with van der Waals surface area (Å²) < 4.78 is 0. The van der Waals surface area contributed by atoms with Gasteiger partial charge in [0.2, 0.25) is 0 Å². The Bertz CT molecular complexity index is 798. The van der Waals surface area contributed by atoms with E-state index in [1.807, 2.05) is 48.5 Å². The zero-order valence-electron chi connectivity index (χ0n) is 13.9. The van der Waals surface area contributed by atoms with Crippen LogP contribution >= 0.6 is 0 Å². The van der Waals surface area contributed by atoms with Gasteiger partial charge in [0, 0.05) is 0 Å². The molecule has 0 fully saturated rings. The summed E-state index contributed by atoms with van der Waals surface area (Å²) in [5.74, 6) is 1.94. The number of aromatic nitrogens is 4. The summed E-state index contributed by atoms with van der Waals surface area (Å²) in [6.07, 6.45) is 0. The van der Waals surface area contributed by atoms with Crippen molar-refractivity contribution in [2.75, 3.05) is 7.05 Å². The van der Waals surface area contributed by atoms with Gasteiger partial charge in [0.25, 0.3) is 0 Å². The molecule has 2 aromatic carbocycles. The van der Waals surface area contributed by atoms with Crippen LogP contribution in [-0.2, 0) is 30.5 Å². The molecule has 0 saturated carbocycles. The molecule has 5 nitrogen and oxygen atoms in total. The maximum Gasteiger partial charge on any atom is 3.00 e. The Balaban J connectivity index is 0.00000156. The van der Waals surface area contributed by atoms with Crippen molar-refractivity contribution < 1.29 is 54.6 Å². The predicted molar refractivity (Wildman–Crippen MR) is 87.4 cm³/mol. The smallest absolute Gasteiger partial charge is 1.00 e. The van der Waals surface area contributed by atoms with Gasteiger partial charge in [0.15, 0.2) is 0 Å². The number of imidazole rings is 2. The van der Waals surface area contributed by atoms with Crippen LogP contribution in [0.25, 0.3) is 22.1 Å². The van der Waals surface area contributed by atoms with E-state index in [1.165, 1.54) is 0 Å². The van der Waals surface area contributed by atoms with Gasteiger partial charge in [-0.2, -0.15) is 0 Å².